The van der Waals surface area contributed by atoms with Crippen molar-refractivity contribution in [2.45, 2.75) is 32.7 Å². The minimum absolute atomic E-state index is 0.780. The monoisotopic (exact) mass is 216 g/mol. The molecular weight excluding hydrogens is 196 g/mol. The maximum Gasteiger partial charge on any atom is 0.0400 e. The molecule has 86 valence electrons. The van der Waals surface area contributed by atoms with Gasteiger partial charge in [-0.1, -0.05) is 6.92 Å². The molecule has 1 heterocycles. The van der Waals surface area contributed by atoms with Crippen LogP contribution >= 0.6 is 0 Å². The molecule has 2 fully saturated rings. The first-order valence-corrected chi connectivity index (χ1v) is 6.28. The number of hydrogen-bond donors (Lipinski definition) is 1. The van der Waals surface area contributed by atoms with E-state index in [1.807, 2.05) is 6.07 Å². The van der Waals surface area contributed by atoms with Gasteiger partial charge < -0.3 is 10.6 Å². The van der Waals surface area contributed by atoms with Crippen LogP contribution in [0, 0.1) is 18.8 Å². The molecule has 3 atom stereocenters. The van der Waals surface area contributed by atoms with Gasteiger partial charge >= 0.3 is 0 Å². The Morgan fingerprint density at radius 3 is 2.69 bits per heavy atom. The number of hydrogen-bond acceptors (Lipinski definition) is 2. The van der Waals surface area contributed by atoms with E-state index >= 15 is 0 Å². The molecule has 2 aliphatic rings. The Morgan fingerprint density at radius 2 is 2.12 bits per heavy atom. The Morgan fingerprint density at radius 1 is 1.31 bits per heavy atom. The summed E-state index contributed by atoms with van der Waals surface area (Å²) in [6.45, 7) is 5.82. The summed E-state index contributed by atoms with van der Waals surface area (Å²) < 4.78 is 0. The third-order valence-electron chi connectivity index (χ3n) is 4.43. The number of nitrogen functional groups attached to an aromatic ring is 1. The molecule has 3 rings (SSSR count). The van der Waals surface area contributed by atoms with Crippen molar-refractivity contribution in [1.82, 2.24) is 0 Å². The van der Waals surface area contributed by atoms with Gasteiger partial charge in [-0.15, -0.1) is 0 Å². The summed E-state index contributed by atoms with van der Waals surface area (Å²) >= 11 is 0. The normalized spacial score (nSPS) is 32.4. The molecule has 2 nitrogen and oxygen atoms in total. The van der Waals surface area contributed by atoms with Crippen molar-refractivity contribution < 1.29 is 0 Å². The first-order valence-electron chi connectivity index (χ1n) is 6.28. The molecule has 1 saturated carbocycles. The van der Waals surface area contributed by atoms with E-state index in [-0.39, 0.29) is 0 Å². The Hall–Kier alpha value is -1.18. The van der Waals surface area contributed by atoms with Crippen LogP contribution in [-0.4, -0.2) is 12.6 Å². The van der Waals surface area contributed by atoms with Gasteiger partial charge in [0.15, 0.2) is 0 Å². The van der Waals surface area contributed by atoms with Crippen LogP contribution in [-0.2, 0) is 0 Å². The Kier molecular flexibility index (Phi) is 2.13. The van der Waals surface area contributed by atoms with E-state index < -0.39 is 0 Å². The molecule has 0 aromatic heterocycles. The fourth-order valence-corrected chi connectivity index (χ4v) is 3.51. The van der Waals surface area contributed by atoms with Crippen molar-refractivity contribution in [2.24, 2.45) is 11.8 Å². The van der Waals surface area contributed by atoms with Gasteiger partial charge in [0.25, 0.3) is 0 Å². The van der Waals surface area contributed by atoms with Gasteiger partial charge in [0.2, 0.25) is 0 Å². The van der Waals surface area contributed by atoms with E-state index in [4.69, 9.17) is 5.73 Å². The molecular formula is C14H20N2. The zero-order valence-electron chi connectivity index (χ0n) is 10.1. The predicted octanol–water partition coefficient (Wildman–Crippen LogP) is 2.81. The SMILES string of the molecule is Cc1cc(N)ccc1N1CC2CC1CC2C. The summed E-state index contributed by atoms with van der Waals surface area (Å²) in [5.74, 6) is 1.84. The Bertz CT molecular complexity index is 411. The summed E-state index contributed by atoms with van der Waals surface area (Å²) in [6, 6.07) is 7.08. The second-order valence-electron chi connectivity index (χ2n) is 5.56. The zero-order valence-corrected chi connectivity index (χ0v) is 10.1. The van der Waals surface area contributed by atoms with E-state index in [0.29, 0.717) is 0 Å². The summed E-state index contributed by atoms with van der Waals surface area (Å²) in [5.41, 5.74) is 9.40. The fraction of sp³-hybridized carbons (Fsp3) is 0.571. The summed E-state index contributed by atoms with van der Waals surface area (Å²) in [6.07, 6.45) is 2.76. The van der Waals surface area contributed by atoms with Crippen molar-refractivity contribution in [3.8, 4) is 0 Å². The van der Waals surface area contributed by atoms with Crippen molar-refractivity contribution in [3.63, 3.8) is 0 Å². The number of benzene rings is 1. The van der Waals surface area contributed by atoms with Crippen molar-refractivity contribution in [1.29, 1.82) is 0 Å². The van der Waals surface area contributed by atoms with Crippen LogP contribution in [0.15, 0.2) is 18.2 Å². The number of nitrogens with zero attached hydrogens (tertiary/aromatic N) is 1. The average Bonchev–Trinajstić information content (AvgIpc) is 2.76. The lowest BCUT2D eigenvalue weighted by molar-refractivity contribution is 0.406. The highest BCUT2D eigenvalue weighted by atomic mass is 15.2. The van der Waals surface area contributed by atoms with Crippen LogP contribution in [0.25, 0.3) is 0 Å². The lowest BCUT2D eigenvalue weighted by atomic mass is 9.96. The van der Waals surface area contributed by atoms with Gasteiger partial charge in [-0.3, -0.25) is 0 Å². The molecule has 16 heavy (non-hydrogen) atoms. The molecule has 0 amide bonds. The second kappa shape index (κ2) is 3.41. The maximum atomic E-state index is 5.81. The number of aryl methyl sites for hydroxylation is 1. The number of nitrogens with two attached hydrogens (primary N) is 1. The molecule has 2 N–H and O–H groups in total. The Balaban J connectivity index is 1.89. The first kappa shape index (κ1) is 10.0. The third kappa shape index (κ3) is 1.40. The molecule has 1 aromatic rings. The molecule has 1 aliphatic carbocycles. The molecule has 0 spiro atoms. The number of piperidine rings is 1. The zero-order chi connectivity index (χ0) is 11.3. The van der Waals surface area contributed by atoms with Crippen LogP contribution in [0.4, 0.5) is 11.4 Å². The van der Waals surface area contributed by atoms with Crippen LogP contribution in [0.5, 0.6) is 0 Å². The smallest absolute Gasteiger partial charge is 0.0400 e. The van der Waals surface area contributed by atoms with Gasteiger partial charge in [0.05, 0.1) is 0 Å². The molecule has 1 aliphatic heterocycles. The van der Waals surface area contributed by atoms with Gasteiger partial charge in [-0.2, -0.15) is 0 Å². The largest absolute Gasteiger partial charge is 0.399 e. The summed E-state index contributed by atoms with van der Waals surface area (Å²) in [5, 5.41) is 0. The second-order valence-corrected chi connectivity index (χ2v) is 5.56. The number of rotatable bonds is 1. The molecule has 0 radical (unpaired) electrons. The predicted molar refractivity (Wildman–Crippen MR) is 68.6 cm³/mol. The van der Waals surface area contributed by atoms with E-state index in [2.05, 4.69) is 30.9 Å². The lowest BCUT2D eigenvalue weighted by Crippen LogP contribution is -2.35. The van der Waals surface area contributed by atoms with Crippen molar-refractivity contribution >= 4 is 11.4 Å². The summed E-state index contributed by atoms with van der Waals surface area (Å²) in [7, 11) is 0. The minimum Gasteiger partial charge on any atom is -0.399 e. The van der Waals surface area contributed by atoms with Crippen LogP contribution < -0.4 is 10.6 Å². The topological polar surface area (TPSA) is 29.3 Å². The van der Waals surface area contributed by atoms with Gasteiger partial charge in [0, 0.05) is 24.0 Å². The molecule has 3 unspecified atom stereocenters. The highest BCUT2D eigenvalue weighted by molar-refractivity contribution is 5.60. The Labute approximate surface area is 97.4 Å². The maximum absolute atomic E-state index is 5.81. The van der Waals surface area contributed by atoms with E-state index in [0.717, 1.165) is 23.6 Å². The number of fused-ring (bicyclic) bond motifs is 2. The fourth-order valence-electron chi connectivity index (χ4n) is 3.51. The van der Waals surface area contributed by atoms with Crippen LogP contribution in [0.1, 0.15) is 25.3 Å². The lowest BCUT2D eigenvalue weighted by Gasteiger charge is -2.33. The van der Waals surface area contributed by atoms with E-state index in [1.165, 1.54) is 30.6 Å². The highest BCUT2D eigenvalue weighted by Crippen LogP contribution is 2.44. The van der Waals surface area contributed by atoms with E-state index in [9.17, 15) is 0 Å². The van der Waals surface area contributed by atoms with Crippen molar-refractivity contribution in [2.75, 3.05) is 17.2 Å². The molecule has 2 heteroatoms. The number of anilines is 2. The molecule has 1 saturated heterocycles. The van der Waals surface area contributed by atoms with Crippen LogP contribution in [0.3, 0.4) is 0 Å². The van der Waals surface area contributed by atoms with E-state index in [1.54, 1.807) is 0 Å². The van der Waals surface area contributed by atoms with Crippen LogP contribution in [0.2, 0.25) is 0 Å². The molecule has 2 bridgehead atoms. The first-order chi connectivity index (χ1) is 7.65. The summed E-state index contributed by atoms with van der Waals surface area (Å²) in [4.78, 5) is 2.60. The standard InChI is InChI=1S/C14H20N2/c1-9-6-13-7-11(9)8-16(13)14-4-3-12(15)5-10(14)2/h3-5,9,11,13H,6-8,15H2,1-2H3. The minimum atomic E-state index is 0.780. The molecule has 1 aromatic carbocycles. The average molecular weight is 216 g/mol. The van der Waals surface area contributed by atoms with Crippen molar-refractivity contribution in [3.05, 3.63) is 23.8 Å². The van der Waals surface area contributed by atoms with Gasteiger partial charge in [-0.05, 0) is 55.4 Å². The highest BCUT2D eigenvalue weighted by Gasteiger charge is 2.42. The van der Waals surface area contributed by atoms with Gasteiger partial charge in [0.1, 0.15) is 0 Å². The quantitative estimate of drug-likeness (QED) is 0.731. The third-order valence-corrected chi connectivity index (χ3v) is 4.43. The van der Waals surface area contributed by atoms with Gasteiger partial charge in [-0.25, -0.2) is 0 Å².